The van der Waals surface area contributed by atoms with Crippen molar-refractivity contribution >= 4 is 23.6 Å². The van der Waals surface area contributed by atoms with Gasteiger partial charge in [0.05, 0.1) is 6.42 Å². The summed E-state index contributed by atoms with van der Waals surface area (Å²) in [4.78, 5) is 42.8. The van der Waals surface area contributed by atoms with Gasteiger partial charge in [-0.25, -0.2) is 0 Å². The Balaban J connectivity index is 0.000000346. The molecule has 0 aliphatic carbocycles. The molecule has 0 saturated heterocycles. The van der Waals surface area contributed by atoms with E-state index in [4.69, 9.17) is 0 Å². The lowest BCUT2D eigenvalue weighted by Crippen LogP contribution is -2.14. The van der Waals surface area contributed by atoms with Gasteiger partial charge in [-0.05, 0) is 6.92 Å². The molecule has 0 spiro atoms. The minimum Gasteiger partial charge on any atom is -0.303 e. The second kappa shape index (κ2) is 9.13. The molecule has 2 rings (SSSR count). The van der Waals surface area contributed by atoms with Crippen molar-refractivity contribution in [2.75, 3.05) is 0 Å². The molecule has 2 aromatic carbocycles. The summed E-state index contributed by atoms with van der Waals surface area (Å²) < 4.78 is 0. The van der Waals surface area contributed by atoms with E-state index in [1.165, 1.54) is 6.92 Å². The maximum Gasteiger partial charge on any atom is 0.233 e. The highest BCUT2D eigenvalue weighted by atomic mass is 16.2. The summed E-state index contributed by atoms with van der Waals surface area (Å²) in [7, 11) is 0. The van der Waals surface area contributed by atoms with Crippen LogP contribution in [0.15, 0.2) is 60.7 Å². The lowest BCUT2D eigenvalue weighted by molar-refractivity contribution is -0.120. The van der Waals surface area contributed by atoms with Gasteiger partial charge in [-0.2, -0.15) is 0 Å². The number of hydrogen-bond acceptors (Lipinski definition) is 4. The fourth-order valence-electron chi connectivity index (χ4n) is 1.56. The largest absolute Gasteiger partial charge is 0.303 e. The highest BCUT2D eigenvalue weighted by Crippen LogP contribution is 2.07. The Bertz CT molecular complexity index is 596. The van der Waals surface area contributed by atoms with Gasteiger partial charge in [0.2, 0.25) is 11.6 Å². The fourth-order valence-corrected chi connectivity index (χ4v) is 1.56. The number of aldehydes is 1. The van der Waals surface area contributed by atoms with Crippen LogP contribution in [0.1, 0.15) is 34.1 Å². The molecule has 0 fully saturated rings. The van der Waals surface area contributed by atoms with Gasteiger partial charge in [0.1, 0.15) is 12.1 Å². The summed E-state index contributed by atoms with van der Waals surface area (Å²) in [5.74, 6) is -1.01. The third-order valence-corrected chi connectivity index (χ3v) is 2.65. The van der Waals surface area contributed by atoms with E-state index in [2.05, 4.69) is 0 Å². The molecule has 2 aromatic rings. The molecule has 0 aliphatic rings. The van der Waals surface area contributed by atoms with Gasteiger partial charge >= 0.3 is 0 Å². The van der Waals surface area contributed by atoms with Gasteiger partial charge in [0.15, 0.2) is 0 Å². The fraction of sp³-hybridized carbons (Fsp3) is 0.111. The summed E-state index contributed by atoms with van der Waals surface area (Å²) in [6.45, 7) is 1.38. The maximum absolute atomic E-state index is 11.8. The molecule has 0 radical (unpaired) electrons. The molecule has 0 saturated carbocycles. The molecule has 4 heteroatoms. The van der Waals surface area contributed by atoms with Gasteiger partial charge in [0, 0.05) is 11.1 Å². The van der Waals surface area contributed by atoms with Crippen LogP contribution in [0, 0.1) is 0 Å². The molecule has 4 nitrogen and oxygen atoms in total. The van der Waals surface area contributed by atoms with E-state index in [9.17, 15) is 19.2 Å². The third kappa shape index (κ3) is 5.63. The van der Waals surface area contributed by atoms with Crippen LogP contribution >= 0.6 is 0 Å². The summed E-state index contributed by atoms with van der Waals surface area (Å²) >= 11 is 0. The van der Waals surface area contributed by atoms with E-state index in [1.54, 1.807) is 48.5 Å². The van der Waals surface area contributed by atoms with Gasteiger partial charge in [-0.15, -0.1) is 0 Å². The van der Waals surface area contributed by atoms with E-state index in [0.29, 0.717) is 17.4 Å². The van der Waals surface area contributed by atoms with E-state index in [0.717, 1.165) is 0 Å². The second-order valence-electron chi connectivity index (χ2n) is 4.46. The number of carbonyl (C=O) groups excluding carboxylic acids is 4. The summed E-state index contributed by atoms with van der Waals surface area (Å²) in [5.41, 5.74) is 0.854. The van der Waals surface area contributed by atoms with Crippen LogP contribution in [0.4, 0.5) is 0 Å². The molecule has 0 N–H and O–H groups in total. The van der Waals surface area contributed by atoms with Gasteiger partial charge in [-0.3, -0.25) is 14.4 Å². The molecule has 0 bridgehead atoms. The highest BCUT2D eigenvalue weighted by molar-refractivity contribution is 6.49. The van der Waals surface area contributed by atoms with E-state index in [-0.39, 0.29) is 12.2 Å². The SMILES string of the molecule is CC(=O)CC=O.O=C(C(=O)c1ccccc1)c1ccccc1. The van der Waals surface area contributed by atoms with Crippen LogP contribution in [0.3, 0.4) is 0 Å². The third-order valence-electron chi connectivity index (χ3n) is 2.65. The van der Waals surface area contributed by atoms with Crippen molar-refractivity contribution < 1.29 is 19.2 Å². The average Bonchev–Trinajstić information content (AvgIpc) is 2.55. The Labute approximate surface area is 128 Å². The Hall–Kier alpha value is -2.88. The lowest BCUT2D eigenvalue weighted by Gasteiger charge is -1.99. The summed E-state index contributed by atoms with van der Waals surface area (Å²) in [6.07, 6.45) is 0.655. The van der Waals surface area contributed by atoms with Crippen molar-refractivity contribution in [1.29, 1.82) is 0 Å². The van der Waals surface area contributed by atoms with Gasteiger partial charge in [-0.1, -0.05) is 60.7 Å². The van der Waals surface area contributed by atoms with Crippen LogP contribution in [0.5, 0.6) is 0 Å². The molecular weight excluding hydrogens is 280 g/mol. The predicted octanol–water partition coefficient (Wildman–Crippen LogP) is 2.92. The van der Waals surface area contributed by atoms with E-state index < -0.39 is 11.6 Å². The van der Waals surface area contributed by atoms with Gasteiger partial charge < -0.3 is 4.79 Å². The Kier molecular flexibility index (Phi) is 7.13. The Morgan fingerprint density at radius 3 is 1.36 bits per heavy atom. The zero-order valence-corrected chi connectivity index (χ0v) is 12.2. The highest BCUT2D eigenvalue weighted by Gasteiger charge is 2.16. The van der Waals surface area contributed by atoms with Crippen molar-refractivity contribution in [3.63, 3.8) is 0 Å². The molecule has 0 aliphatic heterocycles. The molecule has 0 unspecified atom stereocenters. The Morgan fingerprint density at radius 2 is 1.14 bits per heavy atom. The predicted molar refractivity (Wildman–Crippen MR) is 82.9 cm³/mol. The first kappa shape index (κ1) is 17.2. The molecule has 112 valence electrons. The number of hydrogen-bond donors (Lipinski definition) is 0. The van der Waals surface area contributed by atoms with Crippen LogP contribution in [-0.2, 0) is 9.59 Å². The summed E-state index contributed by atoms with van der Waals surface area (Å²) in [6, 6.07) is 17.2. The average molecular weight is 296 g/mol. The van der Waals surface area contributed by atoms with Crippen molar-refractivity contribution in [2.24, 2.45) is 0 Å². The van der Waals surface area contributed by atoms with Crippen LogP contribution in [0.25, 0.3) is 0 Å². The zero-order valence-electron chi connectivity index (χ0n) is 12.2. The zero-order chi connectivity index (χ0) is 16.4. The van der Waals surface area contributed by atoms with Crippen molar-refractivity contribution in [3.05, 3.63) is 71.8 Å². The monoisotopic (exact) mass is 296 g/mol. The van der Waals surface area contributed by atoms with E-state index >= 15 is 0 Å². The number of rotatable bonds is 5. The smallest absolute Gasteiger partial charge is 0.233 e. The van der Waals surface area contributed by atoms with E-state index in [1.807, 2.05) is 12.1 Å². The number of Topliss-reactive ketones (excluding diaryl/α,β-unsaturated/α-hetero) is 3. The molecule has 22 heavy (non-hydrogen) atoms. The lowest BCUT2D eigenvalue weighted by atomic mass is 10.0. The summed E-state index contributed by atoms with van der Waals surface area (Å²) in [5, 5.41) is 0. The molecule has 0 atom stereocenters. The number of benzene rings is 2. The first-order chi connectivity index (χ1) is 10.6. The van der Waals surface area contributed by atoms with Gasteiger partial charge in [0.25, 0.3) is 0 Å². The number of ketones is 3. The quantitative estimate of drug-likeness (QED) is 0.368. The van der Waals surface area contributed by atoms with Crippen molar-refractivity contribution in [2.45, 2.75) is 13.3 Å². The minimum absolute atomic E-state index is 0.0556. The molecule has 0 aromatic heterocycles. The van der Waals surface area contributed by atoms with Crippen LogP contribution in [0.2, 0.25) is 0 Å². The number of carbonyl (C=O) groups is 4. The van der Waals surface area contributed by atoms with Crippen molar-refractivity contribution in [1.82, 2.24) is 0 Å². The molecular formula is C18H16O4. The minimum atomic E-state index is -0.466. The second-order valence-corrected chi connectivity index (χ2v) is 4.46. The normalized spacial score (nSPS) is 9.14. The van der Waals surface area contributed by atoms with Crippen molar-refractivity contribution in [3.8, 4) is 0 Å². The standard InChI is InChI=1S/C14H10O2.C4H6O2/c15-13(11-7-3-1-4-8-11)14(16)12-9-5-2-6-10-12;1-4(6)2-3-5/h1-10H;3H,2H2,1H3. The first-order valence-corrected chi connectivity index (χ1v) is 6.68. The maximum atomic E-state index is 11.8. The molecule has 0 amide bonds. The molecule has 0 heterocycles. The Morgan fingerprint density at radius 1 is 0.773 bits per heavy atom. The van der Waals surface area contributed by atoms with Crippen LogP contribution < -0.4 is 0 Å². The topological polar surface area (TPSA) is 68.3 Å². The van der Waals surface area contributed by atoms with Crippen LogP contribution in [-0.4, -0.2) is 23.6 Å². The first-order valence-electron chi connectivity index (χ1n) is 6.68.